The number of hydrogen-bond donors (Lipinski definition) is 3. The quantitative estimate of drug-likeness (QED) is 0.00883. The number of carbonyl (C=O) groups excluding carboxylic acids is 9. The molecular weight excluding hydrogens is 1830 g/mol. The molecule has 0 aromatic heterocycles. The predicted molar refractivity (Wildman–Crippen MR) is 557 cm³/mol. The van der Waals surface area contributed by atoms with Crippen LogP contribution in [-0.2, 0) is 29.3 Å². The first-order valence-electron chi connectivity index (χ1n) is 49.3. The average molecular weight is 1990 g/mol. The van der Waals surface area contributed by atoms with Crippen LogP contribution in [0.15, 0.2) is 175 Å². The van der Waals surface area contributed by atoms with Crippen LogP contribution < -0.4 is 29.5 Å². The van der Waals surface area contributed by atoms with Crippen LogP contribution in [0.5, 0.6) is 0 Å². The Balaban J connectivity index is 0.000000353. The number of unbranched alkanes of at least 4 members (excludes halogenated alkanes) is 1. The number of aliphatic hydroxyl groups is 1. The molecule has 3 N–H and O–H groups in total. The van der Waals surface area contributed by atoms with Gasteiger partial charge in [-0.25, -0.2) is 28.8 Å². The van der Waals surface area contributed by atoms with Gasteiger partial charge in [0.2, 0.25) is 0 Å². The number of aryl methyl sites for hydroxylation is 4. The number of benzene rings is 7. The molecule has 746 valence electrons. The standard InChI is InChI=1S/C31H45N2O4.C26H35N2O.C18H25NO3.C13H17NO.C11H14INO.C10H18O5.C4H9.Li/c1-8-33(9-2,10-3)28(34)24-13-17-26(18-14-24)31(36,25-15-11-23(4)12-16-25)27-19-21-32(22-20-27)29(35)37-30(5,6)7;1-5-28(6-2,7-3)26(29)24-14-12-22(13-15-24)25(23-16-18-27-19-17-23)21-10-8-20(4)9-11-21;1-13-5-7-14(8-6-13)16(20)15-9-11-19(12-10-15)17(21)22-18(2,3)4;1-10-2-4-11(5-3-10)13(15)12-6-8-14-9-7-12;1-3-13(4-2)11(14)9-5-7-10(12)8-6-9;1-9(2,3)14-7(11)13-8(12)15-10(4,5)6;1-3-4-2;/h11-18,27,36H,8-10,19-22H2,1-7H3;8-15,27H,5-7,16-19H2,1-4H3;5-8,15H,9-12H2,1-4H3;2-5,12,14H,6-9H2,1H3;5-8H,3-4H2,1-2H3;1-6H3;1,3-4H2,2H3;/q2*+1;;;;;-1;+1. The number of piperidine rings is 4. The van der Waals surface area contributed by atoms with E-state index in [0.717, 1.165) is 159 Å². The molecule has 1 atom stereocenters. The van der Waals surface area contributed by atoms with Gasteiger partial charge in [-0.2, -0.15) is 6.42 Å². The Morgan fingerprint density at radius 2 is 0.686 bits per heavy atom. The van der Waals surface area contributed by atoms with Crippen LogP contribution in [0, 0.1) is 55.9 Å². The minimum atomic E-state index is -1.23. The molecule has 24 heteroatoms. The maximum Gasteiger partial charge on any atom is 1.00 e. The first kappa shape index (κ1) is 120. The van der Waals surface area contributed by atoms with Gasteiger partial charge in [0.25, 0.3) is 5.91 Å². The second kappa shape index (κ2) is 57.5. The molecule has 1 unspecified atom stereocenters. The van der Waals surface area contributed by atoms with Crippen molar-refractivity contribution in [1.82, 2.24) is 25.3 Å². The fourth-order valence-electron chi connectivity index (χ4n) is 16.5. The normalized spacial score (nSPS) is 14.8. The number of rotatable bonds is 21. The van der Waals surface area contributed by atoms with Crippen molar-refractivity contribution in [3.05, 3.63) is 258 Å². The molecule has 22 nitrogen and oxygen atoms in total. The number of ether oxygens (including phenoxy) is 5. The third-order valence-electron chi connectivity index (χ3n) is 25.0. The van der Waals surface area contributed by atoms with Gasteiger partial charge in [-0.3, -0.25) is 23.3 Å². The molecule has 5 amide bonds. The van der Waals surface area contributed by atoms with E-state index in [0.29, 0.717) is 72.2 Å². The summed E-state index contributed by atoms with van der Waals surface area (Å²) >= 11 is 2.23. The van der Waals surface area contributed by atoms with E-state index in [-0.39, 0.29) is 72.3 Å². The maximum absolute atomic E-state index is 13.4. The number of carbonyl (C=O) groups is 9. The number of hydrogen-bond acceptors (Lipinski definition) is 17. The summed E-state index contributed by atoms with van der Waals surface area (Å²) in [6.07, 6.45) is 6.37. The van der Waals surface area contributed by atoms with Crippen LogP contribution in [0.25, 0.3) is 5.57 Å². The van der Waals surface area contributed by atoms with Crippen LogP contribution in [-0.4, -0.2) is 210 Å². The van der Waals surface area contributed by atoms with Crippen molar-refractivity contribution < 1.29 is 99.8 Å². The molecule has 11 rings (SSSR count). The number of nitrogens with zero attached hydrogens (tertiary/aromatic N) is 5. The van der Waals surface area contributed by atoms with Crippen LogP contribution in [0.1, 0.15) is 306 Å². The van der Waals surface area contributed by atoms with Crippen LogP contribution in [0.4, 0.5) is 19.2 Å². The summed E-state index contributed by atoms with van der Waals surface area (Å²) in [5.74, 6) is 1.10. The second-order valence-electron chi connectivity index (χ2n) is 39.5. The molecule has 4 saturated heterocycles. The third-order valence-corrected chi connectivity index (χ3v) is 25.7. The Labute approximate surface area is 847 Å². The second-order valence-corrected chi connectivity index (χ2v) is 40.8. The number of quaternary nitrogens is 2. The number of amides is 5. The minimum absolute atomic E-state index is 0. The Kier molecular flexibility index (Phi) is 50.5. The maximum atomic E-state index is 13.4. The van der Waals surface area contributed by atoms with Crippen LogP contribution in [0.2, 0.25) is 0 Å². The zero-order chi connectivity index (χ0) is 102. The number of halogens is 1. The summed E-state index contributed by atoms with van der Waals surface area (Å²) in [5, 5.41) is 19.1. The van der Waals surface area contributed by atoms with Crippen molar-refractivity contribution in [2.45, 2.75) is 265 Å². The summed E-state index contributed by atoms with van der Waals surface area (Å²) < 4.78 is 26.8. The molecule has 4 fully saturated rings. The van der Waals surface area contributed by atoms with Gasteiger partial charge in [-0.15, -0.1) is 0 Å². The van der Waals surface area contributed by atoms with E-state index in [1.54, 1.807) is 51.3 Å². The van der Waals surface area contributed by atoms with Crippen molar-refractivity contribution >= 4 is 81.9 Å². The van der Waals surface area contributed by atoms with E-state index in [2.05, 4.69) is 137 Å². The van der Waals surface area contributed by atoms with E-state index in [4.69, 9.17) is 18.9 Å². The molecule has 4 heterocycles. The Morgan fingerprint density at radius 1 is 0.401 bits per heavy atom. The van der Waals surface area contributed by atoms with E-state index < -0.39 is 40.3 Å². The fraction of sp³-hybridized carbons (Fsp3) is 0.522. The van der Waals surface area contributed by atoms with Crippen molar-refractivity contribution in [1.29, 1.82) is 0 Å². The molecular formula is C113H163ILiN7O15+2. The van der Waals surface area contributed by atoms with Crippen molar-refractivity contribution in [3.63, 3.8) is 0 Å². The SMILES string of the molecule is CC(C)(C)OC(=O)OC(=O)OC(C)(C)C.CCN(CC)C(=O)c1ccc(I)cc1.CC[N+](CC)(CC)C(=O)c1ccc(C(=C2CCNCC2)c2ccc(C)cc2)cc1.CC[N+](CC)(CC)C(=O)c1ccc(C(O)(c2ccc(C)cc2)C2CCN(C(=O)OC(C)(C)C)CC2)cc1.Cc1ccc(C(=O)C2CCN(C(=O)OC(C)(C)C)CC2)cc1.Cc1ccc(C(=O)C2CCNCC2)cc1.[CH2-]CCC.[Li+]. The zero-order valence-electron chi connectivity index (χ0n) is 87.8. The van der Waals surface area contributed by atoms with Crippen molar-refractivity contribution in [2.24, 2.45) is 17.8 Å². The van der Waals surface area contributed by atoms with E-state index in [9.17, 15) is 48.3 Å². The first-order chi connectivity index (χ1) is 64.1. The van der Waals surface area contributed by atoms with E-state index in [1.165, 1.54) is 39.8 Å². The van der Waals surface area contributed by atoms with Gasteiger partial charge in [0, 0.05) is 71.4 Å². The molecule has 0 saturated carbocycles. The Morgan fingerprint density at radius 3 is 1.01 bits per heavy atom. The molecule has 4 aliphatic rings. The van der Waals surface area contributed by atoms with Gasteiger partial charge in [-0.05, 0) is 349 Å². The molecule has 0 radical (unpaired) electrons. The Bertz CT molecular complexity index is 4850. The van der Waals surface area contributed by atoms with Gasteiger partial charge in [-0.1, -0.05) is 162 Å². The summed E-state index contributed by atoms with van der Waals surface area (Å²) in [7, 11) is 0. The van der Waals surface area contributed by atoms with Crippen LogP contribution in [0.3, 0.4) is 0 Å². The number of ketones is 2. The zero-order valence-corrected chi connectivity index (χ0v) is 89.9. The summed E-state index contributed by atoms with van der Waals surface area (Å²) in [5.41, 5.74) is 11.9. The smallest absolute Gasteiger partial charge is 0.444 e. The molecule has 137 heavy (non-hydrogen) atoms. The molecule has 0 bridgehead atoms. The minimum Gasteiger partial charge on any atom is -0.444 e. The Hall–Kier alpha value is -9.16. The van der Waals surface area contributed by atoms with Gasteiger partial charge in [0.15, 0.2) is 11.6 Å². The first-order valence-corrected chi connectivity index (χ1v) is 50.3. The topological polar surface area (TPSA) is 254 Å². The summed E-state index contributed by atoms with van der Waals surface area (Å²) in [6, 6.07) is 56.0. The fourth-order valence-corrected chi connectivity index (χ4v) is 16.8. The number of nitrogens with one attached hydrogen (secondary N) is 2. The molecule has 7 aromatic carbocycles. The summed E-state index contributed by atoms with van der Waals surface area (Å²) in [4.78, 5) is 115. The van der Waals surface area contributed by atoms with Gasteiger partial charge < -0.3 is 61.0 Å². The summed E-state index contributed by atoms with van der Waals surface area (Å²) in [6.45, 7) is 64.1. The molecule has 4 aliphatic heterocycles. The molecule has 0 spiro atoms. The van der Waals surface area contributed by atoms with E-state index >= 15 is 0 Å². The molecule has 7 aromatic rings. The van der Waals surface area contributed by atoms with Gasteiger partial charge >= 0.3 is 55.2 Å². The number of Topliss-reactive ketones (excluding diaryl/α,β-unsaturated/α-hetero) is 2. The average Bonchev–Trinajstić information content (AvgIpc) is 0.712. The monoisotopic (exact) mass is 1990 g/mol. The van der Waals surface area contributed by atoms with Gasteiger partial charge in [0.05, 0.1) is 50.4 Å². The predicted octanol–water partition coefficient (Wildman–Crippen LogP) is 21.4. The van der Waals surface area contributed by atoms with Gasteiger partial charge in [0.1, 0.15) is 28.0 Å². The van der Waals surface area contributed by atoms with Crippen molar-refractivity contribution in [3.8, 4) is 0 Å². The molecule has 0 aliphatic carbocycles. The van der Waals surface area contributed by atoms with Crippen LogP contribution >= 0.6 is 22.6 Å². The van der Waals surface area contributed by atoms with Crippen molar-refractivity contribution in [2.75, 3.05) is 105 Å². The largest absolute Gasteiger partial charge is 1.00 e. The third kappa shape index (κ3) is 38.8. The number of likely N-dealkylation sites (tertiary alicyclic amines) is 2. The van der Waals surface area contributed by atoms with E-state index in [1.807, 2.05) is 215 Å².